The van der Waals surface area contributed by atoms with E-state index in [2.05, 4.69) is 5.32 Å². The molecule has 0 aliphatic heterocycles. The molecule has 1 amide bonds. The number of carbonyl (C=O) groups is 2. The fourth-order valence-corrected chi connectivity index (χ4v) is 4.00. The fraction of sp³-hybridized carbons (Fsp3) is 0.217. The van der Waals surface area contributed by atoms with Crippen LogP contribution in [0.3, 0.4) is 0 Å². The second-order valence-corrected chi connectivity index (χ2v) is 9.44. The standard InChI is InChI=1S/C23H24N2O5S/c1-16(18-12-11-17-7-4-5-8-19(17)13-18)24-22(26)15-30-23(27)20-9-6-10-21(14-20)31(28,29)25(2)3/h4-14,16H,15H2,1-3H3,(H,24,26). The molecule has 3 aromatic carbocycles. The number of nitrogens with zero attached hydrogens (tertiary/aromatic N) is 1. The SMILES string of the molecule is CC(NC(=O)COC(=O)c1cccc(S(=O)(=O)N(C)C)c1)c1ccc2ccccc2c1. The van der Waals surface area contributed by atoms with Crippen molar-refractivity contribution in [2.24, 2.45) is 0 Å². The third kappa shape index (κ3) is 5.28. The first-order valence-corrected chi connectivity index (χ1v) is 11.1. The summed E-state index contributed by atoms with van der Waals surface area (Å²) in [5, 5.41) is 4.98. The van der Waals surface area contributed by atoms with Crippen LogP contribution in [0.2, 0.25) is 0 Å². The van der Waals surface area contributed by atoms with Gasteiger partial charge in [0.05, 0.1) is 16.5 Å². The van der Waals surface area contributed by atoms with Crippen LogP contribution < -0.4 is 5.32 Å². The molecule has 1 atom stereocenters. The topological polar surface area (TPSA) is 92.8 Å². The summed E-state index contributed by atoms with van der Waals surface area (Å²) in [5.41, 5.74) is 0.985. The van der Waals surface area contributed by atoms with Crippen molar-refractivity contribution >= 4 is 32.7 Å². The molecule has 0 saturated heterocycles. The van der Waals surface area contributed by atoms with E-state index in [4.69, 9.17) is 4.74 Å². The summed E-state index contributed by atoms with van der Waals surface area (Å²) in [6, 6.07) is 19.1. The Balaban J connectivity index is 1.60. The second-order valence-electron chi connectivity index (χ2n) is 7.29. The number of ether oxygens (including phenoxy) is 1. The first kappa shape index (κ1) is 22.5. The Labute approximate surface area is 181 Å². The first-order valence-electron chi connectivity index (χ1n) is 9.66. The number of hydrogen-bond donors (Lipinski definition) is 1. The Morgan fingerprint density at radius 2 is 1.68 bits per heavy atom. The molecule has 3 aromatic rings. The minimum Gasteiger partial charge on any atom is -0.452 e. The van der Waals surface area contributed by atoms with Gasteiger partial charge in [-0.3, -0.25) is 4.79 Å². The lowest BCUT2D eigenvalue weighted by Gasteiger charge is -2.15. The number of amides is 1. The van der Waals surface area contributed by atoms with Crippen molar-refractivity contribution in [3.8, 4) is 0 Å². The predicted molar refractivity (Wildman–Crippen MR) is 118 cm³/mol. The highest BCUT2D eigenvalue weighted by molar-refractivity contribution is 7.89. The van der Waals surface area contributed by atoms with E-state index < -0.39 is 28.5 Å². The molecule has 0 spiro atoms. The van der Waals surface area contributed by atoms with Crippen LogP contribution in [0.5, 0.6) is 0 Å². The Kier molecular flexibility index (Phi) is 6.72. The van der Waals surface area contributed by atoms with Gasteiger partial charge in [0.1, 0.15) is 0 Å². The van der Waals surface area contributed by atoms with Gasteiger partial charge in [-0.1, -0.05) is 42.5 Å². The van der Waals surface area contributed by atoms with Gasteiger partial charge in [-0.15, -0.1) is 0 Å². The molecular weight excluding hydrogens is 416 g/mol. The van der Waals surface area contributed by atoms with Gasteiger partial charge in [0.15, 0.2) is 6.61 Å². The molecule has 0 heterocycles. The zero-order valence-corrected chi connectivity index (χ0v) is 18.3. The van der Waals surface area contributed by atoms with Crippen molar-refractivity contribution in [2.45, 2.75) is 17.9 Å². The van der Waals surface area contributed by atoms with E-state index in [1.807, 2.05) is 49.4 Å². The number of benzene rings is 3. The highest BCUT2D eigenvalue weighted by atomic mass is 32.2. The van der Waals surface area contributed by atoms with Crippen LogP contribution in [-0.4, -0.2) is 45.3 Å². The fourth-order valence-electron chi connectivity index (χ4n) is 3.05. The quantitative estimate of drug-likeness (QED) is 0.570. The van der Waals surface area contributed by atoms with Gasteiger partial charge in [0, 0.05) is 14.1 Å². The maximum absolute atomic E-state index is 12.3. The minimum atomic E-state index is -3.68. The highest BCUT2D eigenvalue weighted by Crippen LogP contribution is 2.20. The Bertz CT molecular complexity index is 1220. The van der Waals surface area contributed by atoms with E-state index in [0.29, 0.717) is 0 Å². The summed E-state index contributed by atoms with van der Waals surface area (Å²) in [5.74, 6) is -1.23. The molecule has 0 aliphatic carbocycles. The van der Waals surface area contributed by atoms with E-state index in [-0.39, 0.29) is 16.5 Å². The average Bonchev–Trinajstić information content (AvgIpc) is 2.77. The van der Waals surface area contributed by atoms with E-state index in [1.165, 1.54) is 38.4 Å². The summed E-state index contributed by atoms with van der Waals surface area (Å²) in [6.45, 7) is 1.38. The van der Waals surface area contributed by atoms with Crippen molar-refractivity contribution < 1.29 is 22.7 Å². The summed E-state index contributed by atoms with van der Waals surface area (Å²) >= 11 is 0. The maximum Gasteiger partial charge on any atom is 0.338 e. The predicted octanol–water partition coefficient (Wildman–Crippen LogP) is 3.12. The van der Waals surface area contributed by atoms with Crippen LogP contribution in [0.25, 0.3) is 10.8 Å². The van der Waals surface area contributed by atoms with Crippen LogP contribution >= 0.6 is 0 Å². The van der Waals surface area contributed by atoms with Crippen molar-refractivity contribution in [1.29, 1.82) is 0 Å². The van der Waals surface area contributed by atoms with E-state index >= 15 is 0 Å². The van der Waals surface area contributed by atoms with Crippen molar-refractivity contribution in [2.75, 3.05) is 20.7 Å². The number of carbonyl (C=O) groups excluding carboxylic acids is 2. The van der Waals surface area contributed by atoms with E-state index in [1.54, 1.807) is 0 Å². The number of esters is 1. The van der Waals surface area contributed by atoms with Crippen LogP contribution in [-0.2, 0) is 19.6 Å². The molecule has 7 nitrogen and oxygen atoms in total. The lowest BCUT2D eigenvalue weighted by atomic mass is 10.0. The zero-order chi connectivity index (χ0) is 22.6. The summed E-state index contributed by atoms with van der Waals surface area (Å²) in [7, 11) is -0.872. The van der Waals surface area contributed by atoms with Gasteiger partial charge >= 0.3 is 5.97 Å². The third-order valence-electron chi connectivity index (χ3n) is 4.83. The van der Waals surface area contributed by atoms with Crippen molar-refractivity contribution in [3.05, 3.63) is 77.9 Å². The smallest absolute Gasteiger partial charge is 0.338 e. The molecule has 0 saturated carbocycles. The Morgan fingerprint density at radius 1 is 0.968 bits per heavy atom. The summed E-state index contributed by atoms with van der Waals surface area (Å²) < 4.78 is 30.6. The lowest BCUT2D eigenvalue weighted by Crippen LogP contribution is -2.31. The van der Waals surface area contributed by atoms with E-state index in [9.17, 15) is 18.0 Å². The van der Waals surface area contributed by atoms with Gasteiger partial charge in [-0.25, -0.2) is 17.5 Å². The van der Waals surface area contributed by atoms with Gasteiger partial charge < -0.3 is 10.1 Å². The largest absolute Gasteiger partial charge is 0.452 e. The number of sulfonamides is 1. The van der Waals surface area contributed by atoms with Gasteiger partial charge in [-0.05, 0) is 47.5 Å². The Morgan fingerprint density at radius 3 is 2.39 bits per heavy atom. The van der Waals surface area contributed by atoms with Crippen LogP contribution in [0.4, 0.5) is 0 Å². The van der Waals surface area contributed by atoms with Gasteiger partial charge in [0.25, 0.3) is 5.91 Å². The van der Waals surface area contributed by atoms with Gasteiger partial charge in [0.2, 0.25) is 10.0 Å². The Hall–Kier alpha value is -3.23. The normalized spacial score (nSPS) is 12.5. The molecule has 0 aromatic heterocycles. The highest BCUT2D eigenvalue weighted by Gasteiger charge is 2.20. The average molecular weight is 441 g/mol. The molecule has 0 bridgehead atoms. The summed E-state index contributed by atoms with van der Waals surface area (Å²) in [4.78, 5) is 24.5. The molecule has 1 N–H and O–H groups in total. The van der Waals surface area contributed by atoms with Crippen molar-refractivity contribution in [1.82, 2.24) is 9.62 Å². The molecule has 1 unspecified atom stereocenters. The number of fused-ring (bicyclic) bond motifs is 1. The van der Waals surface area contributed by atoms with Gasteiger partial charge in [-0.2, -0.15) is 0 Å². The molecule has 3 rings (SSSR count). The molecule has 31 heavy (non-hydrogen) atoms. The van der Waals surface area contributed by atoms with Crippen LogP contribution in [0, 0.1) is 0 Å². The van der Waals surface area contributed by atoms with Crippen LogP contribution in [0.1, 0.15) is 28.9 Å². The maximum atomic E-state index is 12.3. The number of nitrogens with one attached hydrogen (secondary N) is 1. The molecule has 8 heteroatoms. The second kappa shape index (κ2) is 9.28. The van der Waals surface area contributed by atoms with Crippen LogP contribution in [0.15, 0.2) is 71.6 Å². The molecule has 162 valence electrons. The van der Waals surface area contributed by atoms with E-state index in [0.717, 1.165) is 20.6 Å². The lowest BCUT2D eigenvalue weighted by molar-refractivity contribution is -0.124. The monoisotopic (exact) mass is 440 g/mol. The third-order valence-corrected chi connectivity index (χ3v) is 6.64. The minimum absolute atomic E-state index is 0.0265. The van der Waals surface area contributed by atoms with Crippen molar-refractivity contribution in [3.63, 3.8) is 0 Å². The first-order chi connectivity index (χ1) is 14.7. The molecular formula is C23H24N2O5S. The molecule has 0 aliphatic rings. The number of rotatable bonds is 7. The number of hydrogen-bond acceptors (Lipinski definition) is 5. The molecule has 0 fully saturated rings. The zero-order valence-electron chi connectivity index (χ0n) is 17.5. The summed E-state index contributed by atoms with van der Waals surface area (Å²) in [6.07, 6.45) is 0. The molecule has 0 radical (unpaired) electrons.